The van der Waals surface area contributed by atoms with Crippen LogP contribution in [0.3, 0.4) is 0 Å². The quantitative estimate of drug-likeness (QED) is 0.497. The average molecular weight is 553 g/mol. The van der Waals surface area contributed by atoms with Crippen LogP contribution in [0.15, 0.2) is 46.0 Å². The molecule has 0 bridgehead atoms. The van der Waals surface area contributed by atoms with E-state index in [9.17, 15) is 14.7 Å². The van der Waals surface area contributed by atoms with E-state index in [0.29, 0.717) is 38.7 Å². The van der Waals surface area contributed by atoms with Gasteiger partial charge in [-0.05, 0) is 32.9 Å². The monoisotopic (exact) mass is 552 g/mol. The number of nitrogens with zero attached hydrogens (tertiary/aromatic N) is 3. The van der Waals surface area contributed by atoms with E-state index in [1.807, 2.05) is 19.2 Å². The van der Waals surface area contributed by atoms with Crippen molar-refractivity contribution in [1.29, 1.82) is 0 Å². The third-order valence-corrected chi connectivity index (χ3v) is 7.16. The molecule has 36 heavy (non-hydrogen) atoms. The van der Waals surface area contributed by atoms with Crippen LogP contribution >= 0.6 is 34.5 Å². The average Bonchev–Trinajstić information content (AvgIpc) is 3.33. The molecule has 2 aliphatic rings. The molecule has 0 saturated carbocycles. The second-order valence-corrected chi connectivity index (χ2v) is 10.7. The molecule has 1 saturated heterocycles. The number of carboxylic acid groups (broad SMARTS) is 1. The SMILES string of the molecule is CCOC(=O)C1=C(CN2CC(C)(C)OC[C@H]2C(=O)O)NC(c2nccs2)=NC1c1ccc(Cl)cc1Cl. The number of hydrogen-bond donors (Lipinski definition) is 2. The number of esters is 1. The largest absolute Gasteiger partial charge is 0.480 e. The smallest absolute Gasteiger partial charge is 0.338 e. The van der Waals surface area contributed by atoms with Gasteiger partial charge in [0, 0.05) is 46.0 Å². The minimum absolute atomic E-state index is 0.0181. The Hall–Kier alpha value is -2.50. The summed E-state index contributed by atoms with van der Waals surface area (Å²) in [4.78, 5) is 36.3. The van der Waals surface area contributed by atoms with Crippen LogP contribution < -0.4 is 5.32 Å². The molecule has 192 valence electrons. The van der Waals surface area contributed by atoms with Gasteiger partial charge in [-0.25, -0.2) is 9.78 Å². The lowest BCUT2D eigenvalue weighted by Crippen LogP contribution is -2.58. The number of morpholine rings is 1. The standard InChI is InChI=1S/C24H26Cl2N4O5S/c1-4-34-23(33)18-16(10-30-12-24(2,3)35-11-17(30)22(31)32)28-20(21-27-7-8-36-21)29-19(18)14-6-5-13(25)9-15(14)26/h5-9,17,19H,4,10-12H2,1-3H3,(H,28,29)(H,31,32)/t17-,19?/m0/s1. The highest BCUT2D eigenvalue weighted by Gasteiger charge is 2.40. The van der Waals surface area contributed by atoms with Crippen molar-refractivity contribution in [3.05, 3.63) is 61.7 Å². The number of hydrogen-bond acceptors (Lipinski definition) is 9. The van der Waals surface area contributed by atoms with Crippen LogP contribution in [-0.4, -0.2) is 70.7 Å². The molecule has 0 aliphatic carbocycles. The lowest BCUT2D eigenvalue weighted by Gasteiger charge is -2.42. The number of aliphatic carboxylic acids is 1. The lowest BCUT2D eigenvalue weighted by molar-refractivity contribution is -0.161. The molecular formula is C24H26Cl2N4O5S. The summed E-state index contributed by atoms with van der Waals surface area (Å²) in [7, 11) is 0. The van der Waals surface area contributed by atoms with E-state index in [-0.39, 0.29) is 25.3 Å². The van der Waals surface area contributed by atoms with Crippen molar-refractivity contribution in [2.45, 2.75) is 38.5 Å². The highest BCUT2D eigenvalue weighted by Crippen LogP contribution is 2.38. The van der Waals surface area contributed by atoms with E-state index in [4.69, 9.17) is 37.7 Å². The summed E-state index contributed by atoms with van der Waals surface area (Å²) in [5.41, 5.74) is 0.703. The predicted molar refractivity (Wildman–Crippen MR) is 138 cm³/mol. The van der Waals surface area contributed by atoms with Gasteiger partial charge in [0.1, 0.15) is 12.1 Å². The van der Waals surface area contributed by atoms with Crippen LogP contribution in [0.2, 0.25) is 10.0 Å². The van der Waals surface area contributed by atoms with Gasteiger partial charge in [0.2, 0.25) is 0 Å². The number of ether oxygens (including phenoxy) is 2. The van der Waals surface area contributed by atoms with Gasteiger partial charge in [0.05, 0.1) is 24.4 Å². The molecular weight excluding hydrogens is 527 g/mol. The Morgan fingerprint density at radius 2 is 2.14 bits per heavy atom. The van der Waals surface area contributed by atoms with E-state index >= 15 is 0 Å². The minimum Gasteiger partial charge on any atom is -0.480 e. The Labute approximate surface area is 222 Å². The Bertz CT molecular complexity index is 1220. The second kappa shape index (κ2) is 10.9. The third kappa shape index (κ3) is 5.73. The Kier molecular flexibility index (Phi) is 8.01. The second-order valence-electron chi connectivity index (χ2n) is 8.95. The molecule has 0 amide bonds. The number of aliphatic imine (C=N–C) groups is 1. The first kappa shape index (κ1) is 26.6. The summed E-state index contributed by atoms with van der Waals surface area (Å²) in [5, 5.41) is 16.3. The van der Waals surface area contributed by atoms with Crippen LogP contribution in [-0.2, 0) is 19.1 Å². The fraction of sp³-hybridized carbons (Fsp3) is 0.417. The topological polar surface area (TPSA) is 113 Å². The zero-order valence-corrected chi connectivity index (χ0v) is 22.3. The third-order valence-electron chi connectivity index (χ3n) is 5.82. The summed E-state index contributed by atoms with van der Waals surface area (Å²) >= 11 is 14.1. The zero-order chi connectivity index (χ0) is 26.0. The number of benzene rings is 1. The van der Waals surface area contributed by atoms with Crippen LogP contribution in [0.25, 0.3) is 0 Å². The van der Waals surface area contributed by atoms with Crippen molar-refractivity contribution in [1.82, 2.24) is 15.2 Å². The van der Waals surface area contributed by atoms with E-state index in [2.05, 4.69) is 10.3 Å². The van der Waals surface area contributed by atoms with Gasteiger partial charge in [-0.3, -0.25) is 14.7 Å². The molecule has 2 N–H and O–H groups in total. The first-order chi connectivity index (χ1) is 17.1. The molecule has 3 heterocycles. The fourth-order valence-electron chi connectivity index (χ4n) is 4.22. The first-order valence-corrected chi connectivity index (χ1v) is 12.9. The number of amidine groups is 1. The summed E-state index contributed by atoms with van der Waals surface area (Å²) in [6, 6.07) is 3.28. The van der Waals surface area contributed by atoms with E-state index in [1.165, 1.54) is 11.3 Å². The van der Waals surface area contributed by atoms with Gasteiger partial charge < -0.3 is 19.9 Å². The van der Waals surface area contributed by atoms with Gasteiger partial charge in [0.25, 0.3) is 0 Å². The van der Waals surface area contributed by atoms with Crippen molar-refractivity contribution in [2.24, 2.45) is 4.99 Å². The molecule has 12 heteroatoms. The summed E-state index contributed by atoms with van der Waals surface area (Å²) in [6.07, 6.45) is 1.66. The summed E-state index contributed by atoms with van der Waals surface area (Å²) < 4.78 is 11.2. The number of aromatic nitrogens is 1. The fourth-order valence-corrected chi connectivity index (χ4v) is 5.32. The highest BCUT2D eigenvalue weighted by atomic mass is 35.5. The molecule has 0 spiro atoms. The number of halogens is 2. The Morgan fingerprint density at radius 3 is 2.78 bits per heavy atom. The van der Waals surface area contributed by atoms with Crippen molar-refractivity contribution >= 4 is 52.3 Å². The number of nitrogens with one attached hydrogen (secondary N) is 1. The Balaban J connectivity index is 1.85. The van der Waals surface area contributed by atoms with Gasteiger partial charge in [-0.15, -0.1) is 11.3 Å². The predicted octanol–water partition coefficient (Wildman–Crippen LogP) is 3.92. The highest BCUT2D eigenvalue weighted by molar-refractivity contribution is 7.11. The van der Waals surface area contributed by atoms with E-state index < -0.39 is 29.6 Å². The molecule has 1 unspecified atom stereocenters. The number of carbonyl (C=O) groups excluding carboxylic acids is 1. The van der Waals surface area contributed by atoms with Crippen molar-refractivity contribution in [2.75, 3.05) is 26.3 Å². The number of thiazole rings is 1. The maximum atomic E-state index is 13.3. The van der Waals surface area contributed by atoms with Crippen LogP contribution in [0.1, 0.15) is 37.4 Å². The van der Waals surface area contributed by atoms with Gasteiger partial charge in [0.15, 0.2) is 10.8 Å². The van der Waals surface area contributed by atoms with Gasteiger partial charge in [-0.1, -0.05) is 29.3 Å². The van der Waals surface area contributed by atoms with Crippen LogP contribution in [0, 0.1) is 0 Å². The molecule has 2 aromatic rings. The van der Waals surface area contributed by atoms with Crippen LogP contribution in [0.4, 0.5) is 0 Å². The molecule has 4 rings (SSSR count). The summed E-state index contributed by atoms with van der Waals surface area (Å²) in [5.74, 6) is -1.13. The van der Waals surface area contributed by atoms with Gasteiger partial charge in [-0.2, -0.15) is 0 Å². The molecule has 1 fully saturated rings. The van der Waals surface area contributed by atoms with E-state index in [0.717, 1.165) is 0 Å². The maximum Gasteiger partial charge on any atom is 0.338 e. The summed E-state index contributed by atoms with van der Waals surface area (Å²) in [6.45, 7) is 6.13. The zero-order valence-electron chi connectivity index (χ0n) is 20.0. The normalized spacial score (nSPS) is 22.1. The molecule has 1 aromatic heterocycles. The molecule has 1 aromatic carbocycles. The lowest BCUT2D eigenvalue weighted by atomic mass is 9.94. The molecule has 2 aliphatic heterocycles. The molecule has 2 atom stereocenters. The molecule has 9 nitrogen and oxygen atoms in total. The van der Waals surface area contributed by atoms with Crippen molar-refractivity contribution < 1.29 is 24.2 Å². The van der Waals surface area contributed by atoms with Crippen molar-refractivity contribution in [3.63, 3.8) is 0 Å². The van der Waals surface area contributed by atoms with Crippen LogP contribution in [0.5, 0.6) is 0 Å². The number of carboxylic acids is 1. The van der Waals surface area contributed by atoms with E-state index in [1.54, 1.807) is 36.2 Å². The minimum atomic E-state index is -1.01. The maximum absolute atomic E-state index is 13.3. The van der Waals surface area contributed by atoms with Gasteiger partial charge >= 0.3 is 11.9 Å². The number of rotatable bonds is 7. The molecule has 0 radical (unpaired) electrons. The number of carbonyl (C=O) groups is 2. The van der Waals surface area contributed by atoms with Crippen molar-refractivity contribution in [3.8, 4) is 0 Å². The first-order valence-electron chi connectivity index (χ1n) is 11.3. The Morgan fingerprint density at radius 1 is 1.36 bits per heavy atom.